The summed E-state index contributed by atoms with van der Waals surface area (Å²) in [4.78, 5) is 15.2. The summed E-state index contributed by atoms with van der Waals surface area (Å²) < 4.78 is 0. The van der Waals surface area contributed by atoms with E-state index in [2.05, 4.69) is 36.0 Å². The number of carbonyl (C=O) groups is 1. The van der Waals surface area contributed by atoms with Crippen LogP contribution in [0.15, 0.2) is 11.4 Å². The Labute approximate surface area is 123 Å². The van der Waals surface area contributed by atoms with Crippen molar-refractivity contribution < 1.29 is 9.90 Å². The van der Waals surface area contributed by atoms with E-state index in [4.69, 9.17) is 5.11 Å². The van der Waals surface area contributed by atoms with E-state index >= 15 is 0 Å². The minimum Gasteiger partial charge on any atom is -0.384 e. The maximum Gasteiger partial charge on any atom is 0.262 e. The molecule has 108 valence electrons. The largest absolute Gasteiger partial charge is 0.384 e. The van der Waals surface area contributed by atoms with Gasteiger partial charge >= 0.3 is 0 Å². The molecule has 4 nitrogen and oxygen atoms in total. The number of amides is 1. The van der Waals surface area contributed by atoms with Crippen molar-refractivity contribution >= 4 is 17.2 Å². The van der Waals surface area contributed by atoms with Crippen LogP contribution < -0.4 is 5.32 Å². The van der Waals surface area contributed by atoms with Crippen molar-refractivity contribution in [1.29, 1.82) is 0 Å². The highest BCUT2D eigenvalue weighted by Crippen LogP contribution is 2.19. The maximum atomic E-state index is 12.3. The molecule has 2 heterocycles. The van der Waals surface area contributed by atoms with E-state index in [-0.39, 0.29) is 18.6 Å². The van der Waals surface area contributed by atoms with E-state index in [1.807, 2.05) is 11.4 Å². The Kier molecular flexibility index (Phi) is 5.18. The van der Waals surface area contributed by atoms with Crippen LogP contribution in [0.2, 0.25) is 0 Å². The monoisotopic (exact) mass is 292 g/mol. The average Bonchev–Trinajstić information content (AvgIpc) is 2.89. The number of aliphatic hydroxyl groups is 1. The molecule has 1 fully saturated rings. The van der Waals surface area contributed by atoms with Gasteiger partial charge in [-0.3, -0.25) is 4.79 Å². The van der Waals surface area contributed by atoms with Crippen LogP contribution in [-0.2, 0) is 0 Å². The van der Waals surface area contributed by atoms with Crippen molar-refractivity contribution in [1.82, 2.24) is 10.2 Å². The van der Waals surface area contributed by atoms with Crippen molar-refractivity contribution in [3.05, 3.63) is 21.9 Å². The summed E-state index contributed by atoms with van der Waals surface area (Å²) in [6.45, 7) is 3.00. The Morgan fingerprint density at radius 2 is 2.45 bits per heavy atom. The van der Waals surface area contributed by atoms with Crippen LogP contribution in [0.1, 0.15) is 35.0 Å². The standard InChI is InChI=1S/C15H20N2O2S/c1-11-10-13(5-7-17(11)2)16-15(19)14-12(4-3-8-18)6-9-20-14/h6,9,11,13,18H,5,7-8,10H2,1-2H3,(H,16,19). The summed E-state index contributed by atoms with van der Waals surface area (Å²) in [5, 5.41) is 13.7. The number of rotatable bonds is 2. The van der Waals surface area contributed by atoms with Crippen molar-refractivity contribution in [2.45, 2.75) is 31.8 Å². The van der Waals surface area contributed by atoms with E-state index in [0.29, 0.717) is 16.5 Å². The molecule has 2 rings (SSSR count). The molecule has 1 aromatic heterocycles. The first kappa shape index (κ1) is 15.0. The van der Waals surface area contributed by atoms with Gasteiger partial charge in [0.05, 0.1) is 0 Å². The lowest BCUT2D eigenvalue weighted by atomic mass is 9.99. The lowest BCUT2D eigenvalue weighted by Crippen LogP contribution is -2.47. The summed E-state index contributed by atoms with van der Waals surface area (Å²) in [5.74, 6) is 5.35. The topological polar surface area (TPSA) is 52.6 Å². The van der Waals surface area contributed by atoms with E-state index in [9.17, 15) is 4.79 Å². The molecule has 1 aliphatic rings. The highest BCUT2D eigenvalue weighted by Gasteiger charge is 2.25. The Morgan fingerprint density at radius 3 is 3.15 bits per heavy atom. The van der Waals surface area contributed by atoms with Gasteiger partial charge in [0.2, 0.25) is 0 Å². The van der Waals surface area contributed by atoms with Gasteiger partial charge in [0.25, 0.3) is 5.91 Å². The molecule has 1 aromatic rings. The molecular formula is C15H20N2O2S. The first-order chi connectivity index (χ1) is 9.61. The molecule has 2 unspecified atom stereocenters. The third-order valence-electron chi connectivity index (χ3n) is 3.72. The van der Waals surface area contributed by atoms with E-state index < -0.39 is 0 Å². The van der Waals surface area contributed by atoms with Crippen molar-refractivity contribution in [3.8, 4) is 11.8 Å². The SMILES string of the molecule is CC1CC(NC(=O)c2sccc2C#CCO)CCN1C. The van der Waals surface area contributed by atoms with Crippen molar-refractivity contribution in [2.24, 2.45) is 0 Å². The minimum absolute atomic E-state index is 0.0519. The zero-order valence-corrected chi connectivity index (χ0v) is 12.7. The number of aliphatic hydroxyl groups excluding tert-OH is 1. The third-order valence-corrected chi connectivity index (χ3v) is 4.63. The molecule has 0 bridgehead atoms. The van der Waals surface area contributed by atoms with Crippen LogP contribution in [0.3, 0.4) is 0 Å². The van der Waals surface area contributed by atoms with Gasteiger partial charge < -0.3 is 15.3 Å². The van der Waals surface area contributed by atoms with Crippen LogP contribution in [-0.4, -0.2) is 48.2 Å². The van der Waals surface area contributed by atoms with Gasteiger partial charge in [-0.2, -0.15) is 0 Å². The van der Waals surface area contributed by atoms with Crippen molar-refractivity contribution in [3.63, 3.8) is 0 Å². The number of carbonyl (C=O) groups excluding carboxylic acids is 1. The highest BCUT2D eigenvalue weighted by atomic mass is 32.1. The molecule has 1 amide bonds. The fourth-order valence-corrected chi connectivity index (χ4v) is 3.14. The van der Waals surface area contributed by atoms with Crippen LogP contribution in [0.4, 0.5) is 0 Å². The molecule has 0 aliphatic carbocycles. The molecule has 0 aromatic carbocycles. The first-order valence-corrected chi connectivity index (χ1v) is 7.68. The van der Waals surface area contributed by atoms with Gasteiger partial charge in [-0.1, -0.05) is 11.8 Å². The fraction of sp³-hybridized carbons (Fsp3) is 0.533. The molecule has 2 atom stereocenters. The second kappa shape index (κ2) is 6.89. The van der Waals surface area contributed by atoms with Gasteiger partial charge in [0.1, 0.15) is 11.5 Å². The number of nitrogens with one attached hydrogen (secondary N) is 1. The lowest BCUT2D eigenvalue weighted by Gasteiger charge is -2.35. The van der Waals surface area contributed by atoms with Crippen LogP contribution >= 0.6 is 11.3 Å². The van der Waals surface area contributed by atoms with E-state index in [1.54, 1.807) is 0 Å². The molecule has 5 heteroatoms. The number of likely N-dealkylation sites (tertiary alicyclic amines) is 1. The fourth-order valence-electron chi connectivity index (χ4n) is 2.39. The summed E-state index contributed by atoms with van der Waals surface area (Å²) in [7, 11) is 2.12. The van der Waals surface area contributed by atoms with Gasteiger partial charge in [-0.15, -0.1) is 11.3 Å². The molecule has 0 saturated carbocycles. The first-order valence-electron chi connectivity index (χ1n) is 6.80. The summed E-state index contributed by atoms with van der Waals surface area (Å²) in [5.41, 5.74) is 0.697. The van der Waals surface area contributed by atoms with Crippen LogP contribution in [0.25, 0.3) is 0 Å². The van der Waals surface area contributed by atoms with Crippen molar-refractivity contribution in [2.75, 3.05) is 20.2 Å². The molecule has 0 radical (unpaired) electrons. The Morgan fingerprint density at radius 1 is 1.65 bits per heavy atom. The molecule has 1 aliphatic heterocycles. The number of hydrogen-bond acceptors (Lipinski definition) is 4. The van der Waals surface area contributed by atoms with Crippen LogP contribution in [0, 0.1) is 11.8 Å². The number of hydrogen-bond donors (Lipinski definition) is 2. The summed E-state index contributed by atoms with van der Waals surface area (Å²) in [6.07, 6.45) is 1.96. The Balaban J connectivity index is 2.00. The van der Waals surface area contributed by atoms with Gasteiger partial charge in [0.15, 0.2) is 0 Å². The third kappa shape index (κ3) is 3.60. The Hall–Kier alpha value is -1.35. The average molecular weight is 292 g/mol. The summed E-state index contributed by atoms with van der Waals surface area (Å²) >= 11 is 1.39. The highest BCUT2D eigenvalue weighted by molar-refractivity contribution is 7.12. The minimum atomic E-state index is -0.191. The van der Waals surface area contributed by atoms with Gasteiger partial charge in [0, 0.05) is 24.2 Å². The number of piperidine rings is 1. The molecule has 20 heavy (non-hydrogen) atoms. The molecular weight excluding hydrogens is 272 g/mol. The van der Waals surface area contributed by atoms with Gasteiger partial charge in [-0.25, -0.2) is 0 Å². The zero-order chi connectivity index (χ0) is 14.5. The summed E-state index contributed by atoms with van der Waals surface area (Å²) in [6, 6.07) is 2.54. The molecule has 0 spiro atoms. The van der Waals surface area contributed by atoms with Gasteiger partial charge in [-0.05, 0) is 38.3 Å². The number of nitrogens with zero attached hydrogens (tertiary/aromatic N) is 1. The van der Waals surface area contributed by atoms with E-state index in [0.717, 1.165) is 19.4 Å². The lowest BCUT2D eigenvalue weighted by molar-refractivity contribution is 0.0900. The second-order valence-corrected chi connectivity index (χ2v) is 6.06. The molecule has 2 N–H and O–H groups in total. The Bertz CT molecular complexity index is 529. The zero-order valence-electron chi connectivity index (χ0n) is 11.8. The second-order valence-electron chi connectivity index (χ2n) is 5.15. The van der Waals surface area contributed by atoms with E-state index in [1.165, 1.54) is 11.3 Å². The normalized spacial score (nSPS) is 22.9. The predicted octanol–water partition coefficient (Wildman–Crippen LogP) is 1.30. The number of thiophene rings is 1. The van der Waals surface area contributed by atoms with Crippen LogP contribution in [0.5, 0.6) is 0 Å². The molecule has 1 saturated heterocycles. The maximum absolute atomic E-state index is 12.3. The predicted molar refractivity (Wildman–Crippen MR) is 80.9 cm³/mol. The smallest absolute Gasteiger partial charge is 0.262 e. The quantitative estimate of drug-likeness (QED) is 0.808.